The maximum Gasteiger partial charge on any atom is 0.274 e. The largest absolute Gasteiger partial charge is 0.493 e. The number of aromatic nitrogens is 2. The van der Waals surface area contributed by atoms with Crippen LogP contribution in [0.2, 0.25) is 0 Å². The molecule has 0 aliphatic carbocycles. The Morgan fingerprint density at radius 2 is 1.75 bits per heavy atom. The van der Waals surface area contributed by atoms with Crippen LogP contribution < -0.4 is 24.9 Å². The van der Waals surface area contributed by atoms with Crippen molar-refractivity contribution >= 4 is 21.0 Å². The molecule has 0 aliphatic heterocycles. The molecule has 0 saturated carbocycles. The molecule has 0 bridgehead atoms. The number of fused-ring (bicyclic) bond motifs is 1. The van der Waals surface area contributed by atoms with Gasteiger partial charge in [-0.2, -0.15) is 18.2 Å². The third-order valence-electron chi connectivity index (χ3n) is 4.23. The summed E-state index contributed by atoms with van der Waals surface area (Å²) < 4.78 is 36.4. The van der Waals surface area contributed by atoms with Gasteiger partial charge in [0.2, 0.25) is 0 Å². The Hall–Kier alpha value is -2.95. The summed E-state index contributed by atoms with van der Waals surface area (Å²) in [5.74, 6) is 0.911. The molecule has 148 valence electrons. The molecular weight excluding hydrogens is 384 g/mol. The van der Waals surface area contributed by atoms with Gasteiger partial charge >= 0.3 is 0 Å². The molecule has 0 fully saturated rings. The molecule has 3 rings (SSSR count). The zero-order valence-corrected chi connectivity index (χ0v) is 16.4. The Morgan fingerprint density at radius 3 is 2.36 bits per heavy atom. The topological polar surface area (TPSA) is 126 Å². The molecule has 0 aliphatic rings. The number of hydrogen-bond acceptors (Lipinski definition) is 6. The first-order valence-electron chi connectivity index (χ1n) is 8.23. The molecule has 0 spiro atoms. The molecule has 0 radical (unpaired) electrons. The van der Waals surface area contributed by atoms with Crippen molar-refractivity contribution in [2.24, 2.45) is 12.2 Å². The molecule has 1 aromatic heterocycles. The van der Waals surface area contributed by atoms with E-state index < -0.39 is 10.2 Å². The number of nitrogens with two attached hydrogens (primary N) is 1. The first kappa shape index (κ1) is 19.8. The lowest BCUT2D eigenvalue weighted by molar-refractivity contribution is 0.356. The van der Waals surface area contributed by atoms with E-state index in [1.54, 1.807) is 37.4 Å². The Morgan fingerprint density at radius 1 is 1.11 bits per heavy atom. The fourth-order valence-corrected chi connectivity index (χ4v) is 3.27. The van der Waals surface area contributed by atoms with Crippen molar-refractivity contribution in [2.75, 3.05) is 14.2 Å². The second kappa shape index (κ2) is 7.58. The first-order chi connectivity index (χ1) is 13.2. The smallest absolute Gasteiger partial charge is 0.274 e. The van der Waals surface area contributed by atoms with Gasteiger partial charge < -0.3 is 9.47 Å². The standard InChI is InChI=1S/C18H20N4O5S/c1-22-18(23)14-9-16(27-3)15(26-2)8-13(14)17(21-22)12-6-4-5-11(7-12)10-20-28(19,24)25/h4-9,20H,10H2,1-3H3,(H2,19,24,25). The molecule has 28 heavy (non-hydrogen) atoms. The summed E-state index contributed by atoms with van der Waals surface area (Å²) in [5.41, 5.74) is 1.68. The van der Waals surface area contributed by atoms with E-state index in [9.17, 15) is 13.2 Å². The van der Waals surface area contributed by atoms with Crippen LogP contribution in [0.5, 0.6) is 11.5 Å². The number of hydrogen-bond donors (Lipinski definition) is 2. The highest BCUT2D eigenvalue weighted by Crippen LogP contribution is 2.34. The highest BCUT2D eigenvalue weighted by atomic mass is 32.2. The van der Waals surface area contributed by atoms with Gasteiger partial charge in [-0.25, -0.2) is 9.82 Å². The molecule has 3 aromatic rings. The summed E-state index contributed by atoms with van der Waals surface area (Å²) >= 11 is 0. The predicted octanol–water partition coefficient (Wildman–Crippen LogP) is 0.911. The number of nitrogens with one attached hydrogen (secondary N) is 1. The van der Waals surface area contributed by atoms with Gasteiger partial charge in [0.15, 0.2) is 11.5 Å². The Kier molecular flexibility index (Phi) is 5.36. The SMILES string of the molecule is COc1cc2c(-c3cccc(CNS(N)(=O)=O)c3)nn(C)c(=O)c2cc1OC. The summed E-state index contributed by atoms with van der Waals surface area (Å²) in [6.45, 7) is 0.0352. The third-order valence-corrected chi connectivity index (χ3v) is 4.78. The lowest BCUT2D eigenvalue weighted by atomic mass is 10.0. The van der Waals surface area contributed by atoms with E-state index in [1.165, 1.54) is 18.9 Å². The lowest BCUT2D eigenvalue weighted by Crippen LogP contribution is -2.30. The maximum absolute atomic E-state index is 12.6. The molecule has 0 saturated heterocycles. The van der Waals surface area contributed by atoms with Gasteiger partial charge in [0.25, 0.3) is 15.8 Å². The number of nitrogens with zero attached hydrogens (tertiary/aromatic N) is 2. The average molecular weight is 404 g/mol. The van der Waals surface area contributed by atoms with Gasteiger partial charge in [-0.15, -0.1) is 0 Å². The van der Waals surface area contributed by atoms with E-state index in [4.69, 9.17) is 14.6 Å². The summed E-state index contributed by atoms with van der Waals surface area (Å²) in [4.78, 5) is 12.6. The number of methoxy groups -OCH3 is 2. The number of ether oxygens (including phenoxy) is 2. The second-order valence-electron chi connectivity index (χ2n) is 6.10. The molecule has 0 unspecified atom stereocenters. The van der Waals surface area contributed by atoms with Crippen molar-refractivity contribution in [1.29, 1.82) is 0 Å². The van der Waals surface area contributed by atoms with Crippen LogP contribution in [0, 0.1) is 0 Å². The molecule has 10 heteroatoms. The molecule has 0 amide bonds. The monoisotopic (exact) mass is 404 g/mol. The van der Waals surface area contributed by atoms with Crippen molar-refractivity contribution in [1.82, 2.24) is 14.5 Å². The summed E-state index contributed by atoms with van der Waals surface area (Å²) in [6, 6.07) is 10.5. The van der Waals surface area contributed by atoms with Gasteiger partial charge in [-0.05, 0) is 23.8 Å². The zero-order valence-electron chi connectivity index (χ0n) is 15.6. The molecule has 3 N–H and O–H groups in total. The van der Waals surface area contributed by atoms with Crippen molar-refractivity contribution < 1.29 is 17.9 Å². The van der Waals surface area contributed by atoms with Crippen LogP contribution >= 0.6 is 0 Å². The highest BCUT2D eigenvalue weighted by Gasteiger charge is 2.16. The molecule has 2 aromatic carbocycles. The number of rotatable bonds is 6. The normalized spacial score (nSPS) is 11.6. The summed E-state index contributed by atoms with van der Waals surface area (Å²) in [6.07, 6.45) is 0. The van der Waals surface area contributed by atoms with Crippen molar-refractivity contribution in [2.45, 2.75) is 6.54 Å². The molecule has 0 atom stereocenters. The van der Waals surface area contributed by atoms with E-state index in [1.807, 2.05) is 6.07 Å². The highest BCUT2D eigenvalue weighted by molar-refractivity contribution is 7.87. The van der Waals surface area contributed by atoms with Crippen LogP contribution in [0.3, 0.4) is 0 Å². The van der Waals surface area contributed by atoms with Gasteiger partial charge in [-0.1, -0.05) is 18.2 Å². The van der Waals surface area contributed by atoms with Crippen LogP contribution in [0.1, 0.15) is 5.56 Å². The van der Waals surface area contributed by atoms with Crippen LogP contribution in [0.4, 0.5) is 0 Å². The fraction of sp³-hybridized carbons (Fsp3) is 0.222. The van der Waals surface area contributed by atoms with E-state index >= 15 is 0 Å². The van der Waals surface area contributed by atoms with Gasteiger partial charge in [0, 0.05) is 24.5 Å². The number of benzene rings is 2. The summed E-state index contributed by atoms with van der Waals surface area (Å²) in [7, 11) is 0.768. The van der Waals surface area contributed by atoms with E-state index in [0.717, 1.165) is 0 Å². The molecular formula is C18H20N4O5S. The van der Waals surface area contributed by atoms with Crippen molar-refractivity contribution in [3.05, 3.63) is 52.3 Å². The van der Waals surface area contributed by atoms with Crippen LogP contribution in [0.25, 0.3) is 22.0 Å². The molecule has 9 nitrogen and oxygen atoms in total. The van der Waals surface area contributed by atoms with Gasteiger partial charge in [0.1, 0.15) is 0 Å². The van der Waals surface area contributed by atoms with Crippen molar-refractivity contribution in [3.8, 4) is 22.8 Å². The Bertz CT molecular complexity index is 1200. The average Bonchev–Trinajstić information content (AvgIpc) is 2.67. The van der Waals surface area contributed by atoms with Gasteiger partial charge in [-0.3, -0.25) is 4.79 Å². The maximum atomic E-state index is 12.6. The fourth-order valence-electron chi connectivity index (χ4n) is 2.90. The van der Waals surface area contributed by atoms with E-state index in [-0.39, 0.29) is 12.1 Å². The van der Waals surface area contributed by atoms with E-state index in [0.29, 0.717) is 39.1 Å². The van der Waals surface area contributed by atoms with Crippen LogP contribution in [-0.4, -0.2) is 32.4 Å². The third kappa shape index (κ3) is 3.98. The minimum atomic E-state index is -3.81. The minimum Gasteiger partial charge on any atom is -0.493 e. The lowest BCUT2D eigenvalue weighted by Gasteiger charge is -2.13. The molecule has 1 heterocycles. The van der Waals surface area contributed by atoms with Crippen LogP contribution in [-0.2, 0) is 23.8 Å². The summed E-state index contributed by atoms with van der Waals surface area (Å²) in [5, 5.41) is 10.4. The number of aryl methyl sites for hydroxylation is 1. The quantitative estimate of drug-likeness (QED) is 0.629. The minimum absolute atomic E-state index is 0.0352. The first-order valence-corrected chi connectivity index (χ1v) is 9.78. The van der Waals surface area contributed by atoms with Gasteiger partial charge in [0.05, 0.1) is 25.3 Å². The Labute approximate surface area is 161 Å². The second-order valence-corrected chi connectivity index (χ2v) is 7.48. The van der Waals surface area contributed by atoms with Crippen molar-refractivity contribution in [3.63, 3.8) is 0 Å². The van der Waals surface area contributed by atoms with E-state index in [2.05, 4.69) is 9.82 Å². The predicted molar refractivity (Wildman–Crippen MR) is 105 cm³/mol. The van der Waals surface area contributed by atoms with Crippen LogP contribution in [0.15, 0.2) is 41.2 Å². The zero-order chi connectivity index (χ0) is 20.5. The Balaban J connectivity index is 2.20.